The fourth-order valence-electron chi connectivity index (χ4n) is 2.15. The zero-order chi connectivity index (χ0) is 13.9. The summed E-state index contributed by atoms with van der Waals surface area (Å²) < 4.78 is 13.2. The lowest BCUT2D eigenvalue weighted by Gasteiger charge is -2.29. The van der Waals surface area contributed by atoms with Gasteiger partial charge in [-0.05, 0) is 36.5 Å². The van der Waals surface area contributed by atoms with Gasteiger partial charge in [0.2, 0.25) is 0 Å². The van der Waals surface area contributed by atoms with Crippen molar-refractivity contribution in [2.24, 2.45) is 5.92 Å². The van der Waals surface area contributed by atoms with Crippen LogP contribution in [0.1, 0.15) is 37.8 Å². The third-order valence-corrected chi connectivity index (χ3v) is 2.88. The molecular formula is C14H19FO3. The van der Waals surface area contributed by atoms with Crippen molar-refractivity contribution in [2.45, 2.75) is 39.2 Å². The first-order valence-corrected chi connectivity index (χ1v) is 5.95. The first kappa shape index (κ1) is 14.6. The molecule has 2 N–H and O–H groups in total. The molecule has 1 atom stereocenters. The van der Waals surface area contributed by atoms with E-state index in [2.05, 4.69) is 0 Å². The van der Waals surface area contributed by atoms with E-state index in [-0.39, 0.29) is 18.2 Å². The highest BCUT2D eigenvalue weighted by atomic mass is 19.1. The van der Waals surface area contributed by atoms with Gasteiger partial charge in [0.05, 0.1) is 6.42 Å². The maximum Gasteiger partial charge on any atom is 0.306 e. The van der Waals surface area contributed by atoms with E-state index >= 15 is 0 Å². The summed E-state index contributed by atoms with van der Waals surface area (Å²) in [5.41, 5.74) is -0.587. The average Bonchev–Trinajstić information content (AvgIpc) is 2.19. The summed E-state index contributed by atoms with van der Waals surface area (Å²) in [7, 11) is 0. The van der Waals surface area contributed by atoms with Crippen LogP contribution in [-0.2, 0) is 10.4 Å². The quantitative estimate of drug-likeness (QED) is 0.849. The highest BCUT2D eigenvalue weighted by Gasteiger charge is 2.33. The Labute approximate surface area is 106 Å². The van der Waals surface area contributed by atoms with Gasteiger partial charge in [0.25, 0.3) is 0 Å². The number of carboxylic acids is 1. The van der Waals surface area contributed by atoms with Crippen molar-refractivity contribution in [3.63, 3.8) is 0 Å². The molecule has 0 aromatic heterocycles. The number of rotatable bonds is 5. The number of aryl methyl sites for hydroxylation is 1. The fourth-order valence-corrected chi connectivity index (χ4v) is 2.15. The van der Waals surface area contributed by atoms with Crippen LogP contribution in [0, 0.1) is 18.7 Å². The summed E-state index contributed by atoms with van der Waals surface area (Å²) in [5, 5.41) is 19.4. The Balaban J connectivity index is 3.15. The summed E-state index contributed by atoms with van der Waals surface area (Å²) in [6.45, 7) is 5.40. The number of hydrogen-bond acceptors (Lipinski definition) is 2. The van der Waals surface area contributed by atoms with Gasteiger partial charge in [-0.1, -0.05) is 26.0 Å². The Morgan fingerprint density at radius 3 is 2.50 bits per heavy atom. The van der Waals surface area contributed by atoms with E-state index < -0.39 is 11.6 Å². The van der Waals surface area contributed by atoms with E-state index in [9.17, 15) is 14.3 Å². The summed E-state index contributed by atoms with van der Waals surface area (Å²) in [4.78, 5) is 10.9. The first-order chi connectivity index (χ1) is 8.24. The lowest BCUT2D eigenvalue weighted by Crippen LogP contribution is -2.31. The SMILES string of the molecule is Cc1cc(C(O)(CC(=O)O)CC(C)C)ccc1F. The highest BCUT2D eigenvalue weighted by Crippen LogP contribution is 2.33. The monoisotopic (exact) mass is 254 g/mol. The normalized spacial score (nSPS) is 14.6. The van der Waals surface area contributed by atoms with Crippen LogP contribution < -0.4 is 0 Å². The van der Waals surface area contributed by atoms with Gasteiger partial charge in [0.15, 0.2) is 0 Å². The van der Waals surface area contributed by atoms with Gasteiger partial charge in [0.1, 0.15) is 11.4 Å². The molecule has 0 bridgehead atoms. The van der Waals surface area contributed by atoms with Gasteiger partial charge >= 0.3 is 5.97 Å². The Morgan fingerprint density at radius 2 is 2.06 bits per heavy atom. The summed E-state index contributed by atoms with van der Waals surface area (Å²) in [5.74, 6) is -1.29. The zero-order valence-electron chi connectivity index (χ0n) is 10.9. The maximum atomic E-state index is 13.2. The number of halogens is 1. The van der Waals surface area contributed by atoms with Gasteiger partial charge < -0.3 is 10.2 Å². The molecule has 1 unspecified atom stereocenters. The minimum Gasteiger partial charge on any atom is -0.481 e. The lowest BCUT2D eigenvalue weighted by molar-refractivity contribution is -0.143. The molecule has 1 aromatic carbocycles. The number of carbonyl (C=O) groups is 1. The second kappa shape index (κ2) is 5.48. The molecule has 0 saturated carbocycles. The molecule has 0 amide bonds. The van der Waals surface area contributed by atoms with Crippen LogP contribution in [0.3, 0.4) is 0 Å². The second-order valence-corrected chi connectivity index (χ2v) is 5.16. The van der Waals surface area contributed by atoms with Crippen LogP contribution in [0.4, 0.5) is 4.39 Å². The number of carboxylic acid groups (broad SMARTS) is 1. The minimum absolute atomic E-state index is 0.139. The molecule has 0 spiro atoms. The lowest BCUT2D eigenvalue weighted by atomic mass is 9.82. The van der Waals surface area contributed by atoms with Crippen LogP contribution in [0.15, 0.2) is 18.2 Å². The molecule has 3 nitrogen and oxygen atoms in total. The molecule has 0 aliphatic carbocycles. The predicted molar refractivity (Wildman–Crippen MR) is 66.7 cm³/mol. The van der Waals surface area contributed by atoms with E-state index in [0.29, 0.717) is 17.5 Å². The third-order valence-electron chi connectivity index (χ3n) is 2.88. The molecule has 1 rings (SSSR count). The molecular weight excluding hydrogens is 235 g/mol. The fraction of sp³-hybridized carbons (Fsp3) is 0.500. The molecule has 4 heteroatoms. The molecule has 0 aliphatic rings. The summed E-state index contributed by atoms with van der Waals surface area (Å²) in [6.07, 6.45) is -0.0549. The van der Waals surface area contributed by atoms with Crippen molar-refractivity contribution in [3.8, 4) is 0 Å². The molecule has 0 saturated heterocycles. The zero-order valence-corrected chi connectivity index (χ0v) is 10.9. The van der Waals surface area contributed by atoms with Crippen LogP contribution in [0.25, 0.3) is 0 Å². The number of hydrogen-bond donors (Lipinski definition) is 2. The largest absolute Gasteiger partial charge is 0.481 e. The third kappa shape index (κ3) is 3.53. The average molecular weight is 254 g/mol. The van der Waals surface area contributed by atoms with Crippen molar-refractivity contribution in [1.82, 2.24) is 0 Å². The Hall–Kier alpha value is -1.42. The minimum atomic E-state index is -1.45. The van der Waals surface area contributed by atoms with E-state index in [4.69, 9.17) is 5.11 Å². The Bertz CT molecular complexity index is 443. The smallest absolute Gasteiger partial charge is 0.306 e. The molecule has 0 radical (unpaired) electrons. The number of aliphatic carboxylic acids is 1. The van der Waals surface area contributed by atoms with E-state index in [1.54, 1.807) is 6.92 Å². The van der Waals surface area contributed by atoms with Gasteiger partial charge in [0, 0.05) is 0 Å². The summed E-state index contributed by atoms with van der Waals surface area (Å²) >= 11 is 0. The van der Waals surface area contributed by atoms with Crippen LogP contribution in [-0.4, -0.2) is 16.2 Å². The van der Waals surface area contributed by atoms with E-state index in [1.807, 2.05) is 13.8 Å². The highest BCUT2D eigenvalue weighted by molar-refractivity contribution is 5.68. The number of benzene rings is 1. The van der Waals surface area contributed by atoms with Crippen molar-refractivity contribution < 1.29 is 19.4 Å². The second-order valence-electron chi connectivity index (χ2n) is 5.16. The topological polar surface area (TPSA) is 57.5 Å². The maximum absolute atomic E-state index is 13.2. The van der Waals surface area contributed by atoms with E-state index in [0.717, 1.165) is 0 Å². The van der Waals surface area contributed by atoms with Crippen molar-refractivity contribution >= 4 is 5.97 Å². The van der Waals surface area contributed by atoms with Gasteiger partial charge in [-0.15, -0.1) is 0 Å². The number of aliphatic hydroxyl groups is 1. The van der Waals surface area contributed by atoms with E-state index in [1.165, 1.54) is 18.2 Å². The van der Waals surface area contributed by atoms with Crippen molar-refractivity contribution in [2.75, 3.05) is 0 Å². The van der Waals surface area contributed by atoms with Crippen molar-refractivity contribution in [1.29, 1.82) is 0 Å². The molecule has 1 aromatic rings. The Morgan fingerprint density at radius 1 is 1.44 bits per heavy atom. The van der Waals surface area contributed by atoms with Gasteiger partial charge in [-0.3, -0.25) is 4.79 Å². The molecule has 0 heterocycles. The summed E-state index contributed by atoms with van der Waals surface area (Å²) in [6, 6.07) is 4.23. The Kier molecular flexibility index (Phi) is 4.46. The van der Waals surface area contributed by atoms with Crippen LogP contribution in [0.5, 0.6) is 0 Å². The molecule has 0 fully saturated rings. The predicted octanol–water partition coefficient (Wildman–Crippen LogP) is 2.84. The van der Waals surface area contributed by atoms with Crippen LogP contribution >= 0.6 is 0 Å². The van der Waals surface area contributed by atoms with Gasteiger partial charge in [-0.2, -0.15) is 0 Å². The first-order valence-electron chi connectivity index (χ1n) is 5.95. The standard InChI is InChI=1S/C14H19FO3/c1-9(2)7-14(18,8-13(16)17)11-4-5-12(15)10(3)6-11/h4-6,9,18H,7-8H2,1-3H3,(H,16,17). The van der Waals surface area contributed by atoms with Gasteiger partial charge in [-0.25, -0.2) is 4.39 Å². The molecule has 0 aliphatic heterocycles. The van der Waals surface area contributed by atoms with Crippen LogP contribution in [0.2, 0.25) is 0 Å². The van der Waals surface area contributed by atoms with Crippen molar-refractivity contribution in [3.05, 3.63) is 35.1 Å². The molecule has 100 valence electrons. The molecule has 18 heavy (non-hydrogen) atoms.